The van der Waals surface area contributed by atoms with Gasteiger partial charge in [-0.1, -0.05) is 13.8 Å². The minimum Gasteiger partial charge on any atom is -0.468 e. The SMILES string of the molecule is CCN(CC)C(CNC(=NC)N1CCC(OCCCOC)CC1)c1ccco1.I. The first-order valence-corrected chi connectivity index (χ1v) is 10.6. The zero-order chi connectivity index (χ0) is 20.2. The van der Waals surface area contributed by atoms with Gasteiger partial charge in [0.15, 0.2) is 5.96 Å². The third-order valence-electron chi connectivity index (χ3n) is 5.38. The molecule has 8 heteroatoms. The molecular formula is C21H39IN4O3. The van der Waals surface area contributed by atoms with Crippen molar-refractivity contribution in [3.8, 4) is 0 Å². The maximum absolute atomic E-state index is 5.97. The molecule has 1 unspecified atom stereocenters. The van der Waals surface area contributed by atoms with Crippen LogP contribution in [0.25, 0.3) is 0 Å². The second-order valence-corrected chi connectivity index (χ2v) is 7.08. The standard InChI is InChI=1S/C21H38N4O3.HI/c1-5-24(6-2)19(20-9-7-15-28-20)17-23-21(22-3)25-12-10-18(11-13-25)27-16-8-14-26-4;/h7,9,15,18-19H,5-6,8,10-14,16-17H2,1-4H3,(H,22,23);1H. The first-order chi connectivity index (χ1) is 13.7. The van der Waals surface area contributed by atoms with Crippen LogP contribution in [0.1, 0.15) is 44.9 Å². The molecule has 0 radical (unpaired) electrons. The third kappa shape index (κ3) is 8.43. The van der Waals surface area contributed by atoms with E-state index in [4.69, 9.17) is 13.9 Å². The number of ether oxygens (including phenoxy) is 2. The van der Waals surface area contributed by atoms with Gasteiger partial charge >= 0.3 is 0 Å². The molecule has 0 saturated carbocycles. The molecule has 1 saturated heterocycles. The molecule has 1 aliphatic heterocycles. The number of furan rings is 1. The molecule has 0 spiro atoms. The van der Waals surface area contributed by atoms with Crippen molar-refractivity contribution in [2.75, 3.05) is 60.1 Å². The number of rotatable bonds is 11. The van der Waals surface area contributed by atoms with Crippen molar-refractivity contribution < 1.29 is 13.9 Å². The van der Waals surface area contributed by atoms with Crippen molar-refractivity contribution >= 4 is 29.9 Å². The molecule has 1 aromatic heterocycles. The maximum atomic E-state index is 5.97. The number of nitrogens with zero attached hydrogens (tertiary/aromatic N) is 3. The van der Waals surface area contributed by atoms with Crippen molar-refractivity contribution in [2.45, 2.75) is 45.3 Å². The van der Waals surface area contributed by atoms with Crippen LogP contribution in [0, 0.1) is 0 Å². The highest BCUT2D eigenvalue weighted by molar-refractivity contribution is 14.0. The molecule has 0 bridgehead atoms. The summed E-state index contributed by atoms with van der Waals surface area (Å²) in [4.78, 5) is 9.24. The minimum absolute atomic E-state index is 0. The summed E-state index contributed by atoms with van der Waals surface area (Å²) in [6, 6.07) is 4.21. The molecule has 1 aliphatic rings. The summed E-state index contributed by atoms with van der Waals surface area (Å²) in [6.45, 7) is 10.6. The Bertz CT molecular complexity index is 544. The topological polar surface area (TPSA) is 62.5 Å². The van der Waals surface area contributed by atoms with Crippen LogP contribution in [-0.2, 0) is 9.47 Å². The Kier molecular flexibility index (Phi) is 13.6. The van der Waals surface area contributed by atoms with Crippen molar-refractivity contribution in [1.82, 2.24) is 15.1 Å². The predicted molar refractivity (Wildman–Crippen MR) is 128 cm³/mol. The van der Waals surface area contributed by atoms with E-state index in [1.807, 2.05) is 13.1 Å². The normalized spacial score (nSPS) is 16.7. The van der Waals surface area contributed by atoms with E-state index in [-0.39, 0.29) is 30.0 Å². The molecule has 0 aliphatic carbocycles. The van der Waals surface area contributed by atoms with E-state index in [0.717, 1.165) is 76.9 Å². The highest BCUT2D eigenvalue weighted by atomic mass is 127. The summed E-state index contributed by atoms with van der Waals surface area (Å²) in [5, 5.41) is 3.57. The van der Waals surface area contributed by atoms with Crippen molar-refractivity contribution in [1.29, 1.82) is 0 Å². The number of hydrogen-bond acceptors (Lipinski definition) is 5. The number of piperidine rings is 1. The van der Waals surface area contributed by atoms with Crippen LogP contribution in [0.4, 0.5) is 0 Å². The Morgan fingerprint density at radius 2 is 2.03 bits per heavy atom. The fourth-order valence-electron chi connectivity index (χ4n) is 3.76. The lowest BCUT2D eigenvalue weighted by Crippen LogP contribution is -2.49. The largest absolute Gasteiger partial charge is 0.468 e. The Balaban J connectivity index is 0.00000420. The van der Waals surface area contributed by atoms with Gasteiger partial charge in [0.25, 0.3) is 0 Å². The smallest absolute Gasteiger partial charge is 0.193 e. The zero-order valence-corrected chi connectivity index (χ0v) is 20.8. The van der Waals surface area contributed by atoms with E-state index in [2.05, 4.69) is 40.0 Å². The lowest BCUT2D eigenvalue weighted by atomic mass is 10.1. The molecule has 29 heavy (non-hydrogen) atoms. The molecule has 1 atom stereocenters. The van der Waals surface area contributed by atoms with Gasteiger partial charge in [-0.25, -0.2) is 0 Å². The fraction of sp³-hybridized carbons (Fsp3) is 0.762. The Labute approximate surface area is 193 Å². The molecule has 2 heterocycles. The van der Waals surface area contributed by atoms with E-state index in [0.29, 0.717) is 6.10 Å². The van der Waals surface area contributed by atoms with Gasteiger partial charge in [-0.3, -0.25) is 9.89 Å². The van der Waals surface area contributed by atoms with E-state index in [1.54, 1.807) is 13.4 Å². The summed E-state index contributed by atoms with van der Waals surface area (Å²) in [5.74, 6) is 1.95. The lowest BCUT2D eigenvalue weighted by Gasteiger charge is -2.35. The number of aliphatic imine (C=N–C) groups is 1. The van der Waals surface area contributed by atoms with Gasteiger partial charge in [0, 0.05) is 47.0 Å². The van der Waals surface area contributed by atoms with Gasteiger partial charge in [0.2, 0.25) is 0 Å². The van der Waals surface area contributed by atoms with E-state index in [9.17, 15) is 0 Å². The Morgan fingerprint density at radius 1 is 1.31 bits per heavy atom. The van der Waals surface area contributed by atoms with Crippen LogP contribution in [-0.4, -0.2) is 82.0 Å². The molecular weight excluding hydrogens is 483 g/mol. The molecule has 168 valence electrons. The van der Waals surface area contributed by atoms with Gasteiger partial charge < -0.3 is 24.1 Å². The number of hydrogen-bond donors (Lipinski definition) is 1. The maximum Gasteiger partial charge on any atom is 0.193 e. The average molecular weight is 522 g/mol. The van der Waals surface area contributed by atoms with Gasteiger partial charge in [-0.05, 0) is 44.5 Å². The number of guanidine groups is 1. The Morgan fingerprint density at radius 3 is 2.59 bits per heavy atom. The third-order valence-corrected chi connectivity index (χ3v) is 5.38. The molecule has 1 fully saturated rings. The first-order valence-electron chi connectivity index (χ1n) is 10.6. The summed E-state index contributed by atoms with van der Waals surface area (Å²) in [5.41, 5.74) is 0. The highest BCUT2D eigenvalue weighted by Gasteiger charge is 2.24. The van der Waals surface area contributed by atoms with Gasteiger partial charge in [-0.15, -0.1) is 24.0 Å². The van der Waals surface area contributed by atoms with Gasteiger partial charge in [0.05, 0.1) is 18.4 Å². The number of likely N-dealkylation sites (tertiary alicyclic amines) is 1. The number of nitrogens with one attached hydrogen (secondary N) is 1. The highest BCUT2D eigenvalue weighted by Crippen LogP contribution is 2.21. The number of methoxy groups -OCH3 is 1. The van der Waals surface area contributed by atoms with E-state index >= 15 is 0 Å². The van der Waals surface area contributed by atoms with Crippen LogP contribution in [0.3, 0.4) is 0 Å². The quantitative estimate of drug-likeness (QED) is 0.208. The molecule has 2 rings (SSSR count). The van der Waals surface area contributed by atoms with Crippen molar-refractivity contribution in [3.05, 3.63) is 24.2 Å². The number of likely N-dealkylation sites (N-methyl/N-ethyl adjacent to an activating group) is 1. The summed E-state index contributed by atoms with van der Waals surface area (Å²) >= 11 is 0. The fourth-order valence-corrected chi connectivity index (χ4v) is 3.76. The van der Waals surface area contributed by atoms with Crippen LogP contribution in [0.15, 0.2) is 27.8 Å². The van der Waals surface area contributed by atoms with Crippen LogP contribution in [0.5, 0.6) is 0 Å². The first kappa shape index (κ1) is 26.2. The van der Waals surface area contributed by atoms with Crippen molar-refractivity contribution in [3.63, 3.8) is 0 Å². The van der Waals surface area contributed by atoms with Crippen LogP contribution in [0.2, 0.25) is 0 Å². The van der Waals surface area contributed by atoms with Gasteiger partial charge in [-0.2, -0.15) is 0 Å². The monoisotopic (exact) mass is 522 g/mol. The predicted octanol–water partition coefficient (Wildman–Crippen LogP) is 3.37. The van der Waals surface area contributed by atoms with Gasteiger partial charge in [0.1, 0.15) is 5.76 Å². The summed E-state index contributed by atoms with van der Waals surface area (Å²) in [6.07, 6.45) is 5.12. The molecule has 1 N–H and O–H groups in total. The van der Waals surface area contributed by atoms with Crippen LogP contribution >= 0.6 is 24.0 Å². The average Bonchev–Trinajstić information content (AvgIpc) is 3.26. The molecule has 1 aromatic rings. The lowest BCUT2D eigenvalue weighted by molar-refractivity contribution is 0.00984. The van der Waals surface area contributed by atoms with E-state index in [1.165, 1.54) is 0 Å². The zero-order valence-electron chi connectivity index (χ0n) is 18.4. The minimum atomic E-state index is 0. The van der Waals surface area contributed by atoms with Crippen LogP contribution < -0.4 is 5.32 Å². The second-order valence-electron chi connectivity index (χ2n) is 7.08. The molecule has 0 aromatic carbocycles. The summed E-state index contributed by atoms with van der Waals surface area (Å²) < 4.78 is 16.7. The Hall–Kier alpha value is -0.840. The second kappa shape index (κ2) is 15.0. The van der Waals surface area contributed by atoms with E-state index < -0.39 is 0 Å². The molecule has 7 nitrogen and oxygen atoms in total. The molecule has 0 amide bonds. The summed E-state index contributed by atoms with van der Waals surface area (Å²) in [7, 11) is 3.59. The number of halogens is 1. The van der Waals surface area contributed by atoms with Crippen molar-refractivity contribution in [2.24, 2.45) is 4.99 Å².